The molecule has 0 saturated heterocycles. The van der Waals surface area contributed by atoms with Crippen molar-refractivity contribution in [2.45, 2.75) is 6.92 Å². The van der Waals surface area contributed by atoms with Crippen molar-refractivity contribution in [1.29, 1.82) is 0 Å². The molecule has 10 heavy (non-hydrogen) atoms. The second kappa shape index (κ2) is 2.92. The third-order valence-corrected chi connectivity index (χ3v) is 1.91. The third-order valence-electron chi connectivity index (χ3n) is 1.03. The zero-order valence-corrected chi connectivity index (χ0v) is 6.21. The molecule has 0 spiro atoms. The first-order valence-corrected chi connectivity index (χ1v) is 3.64. The van der Waals surface area contributed by atoms with Gasteiger partial charge in [-0.25, -0.2) is 0 Å². The lowest BCUT2D eigenvalue weighted by Crippen LogP contribution is -1.61. The molecule has 0 fully saturated rings. The van der Waals surface area contributed by atoms with E-state index in [9.17, 15) is 8.78 Å². The van der Waals surface area contributed by atoms with Gasteiger partial charge in [0.15, 0.2) is 0 Å². The summed E-state index contributed by atoms with van der Waals surface area (Å²) in [6.07, 6.45) is -0.776. The van der Waals surface area contributed by atoms with Crippen molar-refractivity contribution in [1.82, 2.24) is 0 Å². The van der Waals surface area contributed by atoms with Gasteiger partial charge in [0.05, 0.1) is 0 Å². The van der Waals surface area contributed by atoms with Crippen molar-refractivity contribution in [3.05, 3.63) is 28.0 Å². The van der Waals surface area contributed by atoms with E-state index < -0.39 is 6.08 Å². The van der Waals surface area contributed by atoms with E-state index in [-0.39, 0.29) is 0 Å². The average molecular weight is 160 g/mol. The van der Waals surface area contributed by atoms with Crippen molar-refractivity contribution in [2.24, 2.45) is 0 Å². The molecule has 54 valence electrons. The highest BCUT2D eigenvalue weighted by atomic mass is 32.1. The van der Waals surface area contributed by atoms with Crippen molar-refractivity contribution in [3.63, 3.8) is 0 Å². The Hall–Kier alpha value is -0.700. The summed E-state index contributed by atoms with van der Waals surface area (Å²) in [5.74, 6) is 0. The zero-order chi connectivity index (χ0) is 7.56. The Kier molecular flexibility index (Phi) is 2.17. The number of rotatable bonds is 1. The summed E-state index contributed by atoms with van der Waals surface area (Å²) in [6.45, 7) is 1.89. The van der Waals surface area contributed by atoms with Gasteiger partial charge in [-0.05, 0) is 23.9 Å². The Morgan fingerprint density at radius 1 is 1.60 bits per heavy atom. The molecule has 3 heteroatoms. The summed E-state index contributed by atoms with van der Waals surface area (Å²) in [5.41, 5.74) is 0.586. The first kappa shape index (κ1) is 7.41. The lowest BCUT2D eigenvalue weighted by molar-refractivity contribution is 0.429. The van der Waals surface area contributed by atoms with Gasteiger partial charge in [0.2, 0.25) is 0 Å². The molecule has 0 aromatic carbocycles. The van der Waals surface area contributed by atoms with Crippen LogP contribution in [0.4, 0.5) is 8.78 Å². The summed E-state index contributed by atoms with van der Waals surface area (Å²) < 4.78 is 23.2. The molecule has 0 unspecified atom stereocenters. The Balaban J connectivity index is 2.86. The summed E-state index contributed by atoms with van der Waals surface area (Å²) in [7, 11) is 0. The van der Waals surface area contributed by atoms with E-state index in [1.165, 1.54) is 11.3 Å². The molecule has 0 saturated carbocycles. The lowest BCUT2D eigenvalue weighted by atomic mass is 10.3. The first-order chi connectivity index (χ1) is 4.68. The summed E-state index contributed by atoms with van der Waals surface area (Å²) in [6, 6.07) is 1.73. The van der Waals surface area contributed by atoms with E-state index in [4.69, 9.17) is 0 Å². The lowest BCUT2D eigenvalue weighted by Gasteiger charge is -1.78. The summed E-state index contributed by atoms with van der Waals surface area (Å²) in [5, 5.41) is 1.70. The first-order valence-electron chi connectivity index (χ1n) is 2.76. The molecular formula is C7H6F2S. The van der Waals surface area contributed by atoms with E-state index in [0.717, 1.165) is 11.0 Å². The Morgan fingerprint density at radius 3 is 2.70 bits per heavy atom. The van der Waals surface area contributed by atoms with Gasteiger partial charge in [-0.3, -0.25) is 0 Å². The van der Waals surface area contributed by atoms with Crippen LogP contribution in [0.25, 0.3) is 6.08 Å². The monoisotopic (exact) mass is 160 g/mol. The smallest absolute Gasteiger partial charge is 0.173 e. The Labute approximate surface area is 61.8 Å². The zero-order valence-electron chi connectivity index (χ0n) is 5.40. The molecule has 1 aromatic heterocycles. The van der Waals surface area contributed by atoms with Gasteiger partial charge in [0.1, 0.15) is 0 Å². The molecule has 1 rings (SSSR count). The predicted octanol–water partition coefficient (Wildman–Crippen LogP) is 3.29. The van der Waals surface area contributed by atoms with Gasteiger partial charge in [0, 0.05) is 11.0 Å². The molecule has 0 nitrogen and oxygen atoms in total. The van der Waals surface area contributed by atoms with Crippen molar-refractivity contribution >= 4 is 17.4 Å². The largest absolute Gasteiger partial charge is 0.270 e. The van der Waals surface area contributed by atoms with E-state index >= 15 is 0 Å². The van der Waals surface area contributed by atoms with E-state index in [2.05, 4.69) is 0 Å². The molecule has 0 bridgehead atoms. The minimum atomic E-state index is -1.64. The normalized spacial score (nSPS) is 9.50. The van der Waals surface area contributed by atoms with Gasteiger partial charge >= 0.3 is 0 Å². The van der Waals surface area contributed by atoms with Crippen molar-refractivity contribution in [3.8, 4) is 0 Å². The maximum atomic E-state index is 11.6. The summed E-state index contributed by atoms with van der Waals surface area (Å²) in [4.78, 5) is 1.05. The van der Waals surface area contributed by atoms with Crippen molar-refractivity contribution in [2.75, 3.05) is 0 Å². The second-order valence-electron chi connectivity index (χ2n) is 1.92. The summed E-state index contributed by atoms with van der Waals surface area (Å²) >= 11 is 1.47. The van der Waals surface area contributed by atoms with E-state index in [0.29, 0.717) is 5.56 Å². The van der Waals surface area contributed by atoms with Gasteiger partial charge in [0.25, 0.3) is 6.08 Å². The number of halogens is 2. The Morgan fingerprint density at radius 2 is 2.30 bits per heavy atom. The maximum absolute atomic E-state index is 11.6. The SMILES string of the molecule is Cc1cc(C=C(F)F)cs1. The van der Waals surface area contributed by atoms with Gasteiger partial charge < -0.3 is 0 Å². The topological polar surface area (TPSA) is 0 Å². The van der Waals surface area contributed by atoms with Crippen LogP contribution in [0.1, 0.15) is 10.4 Å². The molecule has 0 aliphatic heterocycles. The minimum Gasteiger partial charge on any atom is -0.173 e. The Bertz CT molecular complexity index is 246. The molecule has 0 amide bonds. The van der Waals surface area contributed by atoms with Gasteiger partial charge in [-0.1, -0.05) is 0 Å². The van der Waals surface area contributed by atoms with Gasteiger partial charge in [-0.2, -0.15) is 8.78 Å². The van der Waals surface area contributed by atoms with Crippen LogP contribution in [0.2, 0.25) is 0 Å². The van der Waals surface area contributed by atoms with Crippen LogP contribution in [0.15, 0.2) is 17.5 Å². The van der Waals surface area contributed by atoms with Crippen LogP contribution in [0.3, 0.4) is 0 Å². The number of thiophene rings is 1. The van der Waals surface area contributed by atoms with Crippen LogP contribution in [-0.4, -0.2) is 0 Å². The van der Waals surface area contributed by atoms with Crippen LogP contribution in [-0.2, 0) is 0 Å². The van der Waals surface area contributed by atoms with Gasteiger partial charge in [-0.15, -0.1) is 11.3 Å². The predicted molar refractivity (Wildman–Crippen MR) is 39.2 cm³/mol. The fraction of sp³-hybridized carbons (Fsp3) is 0.143. The van der Waals surface area contributed by atoms with Crippen LogP contribution < -0.4 is 0 Å². The highest BCUT2D eigenvalue weighted by Gasteiger charge is 1.94. The maximum Gasteiger partial charge on any atom is 0.270 e. The standard InChI is InChI=1S/C7H6F2S/c1-5-2-6(4-10-5)3-7(8)9/h2-4H,1H3. The fourth-order valence-electron chi connectivity index (χ4n) is 0.665. The van der Waals surface area contributed by atoms with Crippen LogP contribution >= 0.6 is 11.3 Å². The van der Waals surface area contributed by atoms with E-state index in [1.54, 1.807) is 11.4 Å². The third kappa shape index (κ3) is 1.92. The van der Waals surface area contributed by atoms with Crippen LogP contribution in [0.5, 0.6) is 0 Å². The van der Waals surface area contributed by atoms with E-state index in [1.807, 2.05) is 6.92 Å². The molecule has 1 aromatic rings. The van der Waals surface area contributed by atoms with Crippen molar-refractivity contribution < 1.29 is 8.78 Å². The molecule has 0 atom stereocenters. The average Bonchev–Trinajstić information content (AvgIpc) is 2.13. The highest BCUT2D eigenvalue weighted by molar-refractivity contribution is 7.10. The molecule has 0 aliphatic rings. The molecular weight excluding hydrogens is 154 g/mol. The molecule has 1 heterocycles. The van der Waals surface area contributed by atoms with Crippen LogP contribution in [0, 0.1) is 6.92 Å². The quantitative estimate of drug-likeness (QED) is 0.591. The highest BCUT2D eigenvalue weighted by Crippen LogP contribution is 2.16. The molecule has 0 radical (unpaired) electrons. The molecule has 0 N–H and O–H groups in total. The number of hydrogen-bond acceptors (Lipinski definition) is 1. The fourth-order valence-corrected chi connectivity index (χ4v) is 1.33. The number of aryl methyl sites for hydroxylation is 1. The minimum absolute atomic E-state index is 0.586. The molecule has 0 aliphatic carbocycles. The number of hydrogen-bond donors (Lipinski definition) is 0. The second-order valence-corrected chi connectivity index (χ2v) is 3.04.